The minimum Gasteiger partial charge on any atom is -0.376 e. The van der Waals surface area contributed by atoms with Crippen molar-refractivity contribution in [2.75, 3.05) is 24.6 Å². The van der Waals surface area contributed by atoms with Gasteiger partial charge in [0.2, 0.25) is 10.0 Å². The Bertz CT molecular complexity index is 1380. The molecular weight excluding hydrogens is 506 g/mol. The van der Waals surface area contributed by atoms with Crippen LogP contribution >= 0.6 is 11.3 Å². The lowest BCUT2D eigenvalue weighted by Gasteiger charge is -2.34. The zero-order valence-corrected chi connectivity index (χ0v) is 23.4. The third-order valence-electron chi connectivity index (χ3n) is 7.45. The summed E-state index contributed by atoms with van der Waals surface area (Å²) in [4.78, 5) is 20.6. The summed E-state index contributed by atoms with van der Waals surface area (Å²) in [6.45, 7) is 7.81. The number of ether oxygens (including phenoxy) is 1. The monoisotopic (exact) mass is 541 g/mol. The summed E-state index contributed by atoms with van der Waals surface area (Å²) in [6.07, 6.45) is 5.48. The Hall–Kier alpha value is -2.33. The van der Waals surface area contributed by atoms with E-state index in [1.807, 2.05) is 19.9 Å². The summed E-state index contributed by atoms with van der Waals surface area (Å²) >= 11 is 1.51. The Morgan fingerprint density at radius 2 is 1.92 bits per heavy atom. The molecule has 2 atom stereocenters. The van der Waals surface area contributed by atoms with Gasteiger partial charge in [-0.3, -0.25) is 9.69 Å². The molecule has 5 rings (SSSR count). The topological polar surface area (TPSA) is 79.8 Å². The number of thiazole rings is 1. The highest BCUT2D eigenvalue weighted by Crippen LogP contribution is 2.34. The number of carbonyl (C=O) groups excluding carboxylic acids is 1. The van der Waals surface area contributed by atoms with E-state index >= 15 is 0 Å². The van der Waals surface area contributed by atoms with E-state index in [1.165, 1.54) is 11.3 Å². The first-order valence-corrected chi connectivity index (χ1v) is 15.5. The van der Waals surface area contributed by atoms with Gasteiger partial charge >= 0.3 is 0 Å². The molecule has 2 aliphatic rings. The Morgan fingerprint density at radius 1 is 1.14 bits per heavy atom. The highest BCUT2D eigenvalue weighted by Gasteiger charge is 2.33. The van der Waals surface area contributed by atoms with Crippen LogP contribution in [0.1, 0.15) is 66.9 Å². The highest BCUT2D eigenvalue weighted by molar-refractivity contribution is 7.89. The molecule has 2 unspecified atom stereocenters. The second-order valence-corrected chi connectivity index (χ2v) is 13.0. The number of hydrogen-bond donors (Lipinski definition) is 0. The summed E-state index contributed by atoms with van der Waals surface area (Å²) in [7, 11) is -3.60. The van der Waals surface area contributed by atoms with Crippen molar-refractivity contribution >= 4 is 42.6 Å². The second kappa shape index (κ2) is 10.8. The lowest BCUT2D eigenvalue weighted by molar-refractivity contribution is 0.0917. The maximum atomic E-state index is 13.8. The van der Waals surface area contributed by atoms with Crippen LogP contribution in [0.2, 0.25) is 0 Å². The molecule has 2 saturated heterocycles. The average molecular weight is 542 g/mol. The van der Waals surface area contributed by atoms with Gasteiger partial charge < -0.3 is 4.74 Å². The summed E-state index contributed by atoms with van der Waals surface area (Å²) in [5, 5.41) is 0.639. The van der Waals surface area contributed by atoms with Gasteiger partial charge in [0.05, 0.1) is 27.8 Å². The number of benzene rings is 2. The van der Waals surface area contributed by atoms with Crippen LogP contribution in [-0.2, 0) is 14.8 Å². The number of carbonyl (C=O) groups is 1. The molecule has 0 bridgehead atoms. The van der Waals surface area contributed by atoms with Gasteiger partial charge in [0.25, 0.3) is 5.91 Å². The van der Waals surface area contributed by atoms with E-state index < -0.39 is 10.0 Å². The van der Waals surface area contributed by atoms with Crippen molar-refractivity contribution in [2.24, 2.45) is 0 Å². The molecule has 0 aliphatic carbocycles. The van der Waals surface area contributed by atoms with Gasteiger partial charge in [0.1, 0.15) is 0 Å². The van der Waals surface area contributed by atoms with Gasteiger partial charge in [-0.1, -0.05) is 30.7 Å². The van der Waals surface area contributed by atoms with Crippen molar-refractivity contribution in [2.45, 2.75) is 76.3 Å². The molecule has 3 aromatic rings. The first-order chi connectivity index (χ1) is 17.8. The molecule has 7 nitrogen and oxygen atoms in total. The van der Waals surface area contributed by atoms with Gasteiger partial charge in [-0.05, 0) is 87.4 Å². The molecule has 2 aromatic carbocycles. The van der Waals surface area contributed by atoms with E-state index in [9.17, 15) is 13.2 Å². The average Bonchev–Trinajstić information content (AvgIpc) is 3.57. The number of amides is 1. The Labute approximate surface area is 223 Å². The number of anilines is 1. The summed E-state index contributed by atoms with van der Waals surface area (Å²) in [5.41, 5.74) is 3.60. The van der Waals surface area contributed by atoms with Crippen molar-refractivity contribution in [1.29, 1.82) is 0 Å². The molecule has 1 amide bonds. The fourth-order valence-electron chi connectivity index (χ4n) is 5.48. The van der Waals surface area contributed by atoms with E-state index in [2.05, 4.69) is 13.0 Å². The number of rotatable bonds is 7. The number of hydrogen-bond acceptors (Lipinski definition) is 6. The minimum absolute atomic E-state index is 0.0353. The number of aromatic nitrogens is 1. The molecule has 0 radical (unpaired) electrons. The summed E-state index contributed by atoms with van der Waals surface area (Å²) in [6, 6.07) is 10.6. The largest absolute Gasteiger partial charge is 0.376 e. The van der Waals surface area contributed by atoms with Crippen LogP contribution in [0.3, 0.4) is 0 Å². The molecule has 2 fully saturated rings. The van der Waals surface area contributed by atoms with E-state index in [4.69, 9.17) is 9.72 Å². The second-order valence-electron chi connectivity index (χ2n) is 10.2. The van der Waals surface area contributed by atoms with Crippen LogP contribution in [0.5, 0.6) is 0 Å². The van der Waals surface area contributed by atoms with Gasteiger partial charge in [-0.25, -0.2) is 13.4 Å². The van der Waals surface area contributed by atoms with Crippen LogP contribution < -0.4 is 4.90 Å². The molecule has 0 spiro atoms. The molecule has 3 heterocycles. The lowest BCUT2D eigenvalue weighted by atomic mass is 10.0. The molecular formula is C28H35N3O4S2. The van der Waals surface area contributed by atoms with Crippen LogP contribution in [0.4, 0.5) is 5.13 Å². The van der Waals surface area contributed by atoms with Crippen molar-refractivity contribution in [3.05, 3.63) is 53.1 Å². The third kappa shape index (κ3) is 5.32. The first kappa shape index (κ1) is 26.3. The number of sulfonamides is 1. The van der Waals surface area contributed by atoms with E-state index in [0.717, 1.165) is 59.9 Å². The highest BCUT2D eigenvalue weighted by atomic mass is 32.2. The van der Waals surface area contributed by atoms with Crippen LogP contribution in [0.25, 0.3) is 10.2 Å². The van der Waals surface area contributed by atoms with Gasteiger partial charge in [0.15, 0.2) is 5.13 Å². The Kier molecular flexibility index (Phi) is 7.68. The fourth-order valence-corrected chi connectivity index (χ4v) is 8.27. The standard InChI is InChI=1S/C28H35N3O4S2/c1-4-22-8-5-6-14-31(22)37(33,34)24-12-10-21(11-13-24)27(32)30(18-23-9-7-15-35-23)28-29-25-17-19(2)16-20(3)26(25)36-28/h10-13,16-17,22-23H,4-9,14-15,18H2,1-3H3. The van der Waals surface area contributed by atoms with E-state index in [-0.39, 0.29) is 22.9 Å². The molecule has 37 heavy (non-hydrogen) atoms. The van der Waals surface area contributed by atoms with Gasteiger partial charge in [-0.15, -0.1) is 0 Å². The molecule has 198 valence electrons. The van der Waals surface area contributed by atoms with E-state index in [0.29, 0.717) is 30.4 Å². The SMILES string of the molecule is CCC1CCCCN1S(=O)(=O)c1ccc(C(=O)N(CC2CCCO2)c2nc3cc(C)cc(C)c3s2)cc1. The quantitative estimate of drug-likeness (QED) is 0.384. The van der Waals surface area contributed by atoms with Crippen molar-refractivity contribution in [1.82, 2.24) is 9.29 Å². The number of piperidine rings is 1. The van der Waals surface area contributed by atoms with Crippen LogP contribution in [0.15, 0.2) is 41.3 Å². The third-order valence-corrected chi connectivity index (χ3v) is 10.6. The smallest absolute Gasteiger partial charge is 0.260 e. The molecule has 0 saturated carbocycles. The van der Waals surface area contributed by atoms with Gasteiger partial charge in [0, 0.05) is 24.8 Å². The molecule has 9 heteroatoms. The maximum Gasteiger partial charge on any atom is 0.260 e. The predicted octanol–water partition coefficient (Wildman–Crippen LogP) is 5.69. The zero-order chi connectivity index (χ0) is 26.2. The van der Waals surface area contributed by atoms with Crippen molar-refractivity contribution in [3.63, 3.8) is 0 Å². The molecule has 0 N–H and O–H groups in total. The Balaban J connectivity index is 1.45. The summed E-state index contributed by atoms with van der Waals surface area (Å²) in [5.74, 6) is -0.197. The van der Waals surface area contributed by atoms with E-state index in [1.54, 1.807) is 33.5 Å². The molecule has 2 aliphatic heterocycles. The lowest BCUT2D eigenvalue weighted by Crippen LogP contribution is -2.43. The minimum atomic E-state index is -3.60. The van der Waals surface area contributed by atoms with Gasteiger partial charge in [-0.2, -0.15) is 4.31 Å². The number of aryl methyl sites for hydroxylation is 2. The first-order valence-electron chi connectivity index (χ1n) is 13.2. The summed E-state index contributed by atoms with van der Waals surface area (Å²) < 4.78 is 35.3. The van der Waals surface area contributed by atoms with Crippen LogP contribution in [0, 0.1) is 13.8 Å². The predicted molar refractivity (Wildman–Crippen MR) is 148 cm³/mol. The van der Waals surface area contributed by atoms with Crippen molar-refractivity contribution in [3.8, 4) is 0 Å². The number of nitrogens with zero attached hydrogens (tertiary/aromatic N) is 3. The normalized spacial score (nSPS) is 20.9. The molecule has 1 aromatic heterocycles. The fraction of sp³-hybridized carbons (Fsp3) is 0.500. The Morgan fingerprint density at radius 3 is 2.62 bits per heavy atom. The maximum absolute atomic E-state index is 13.8. The zero-order valence-electron chi connectivity index (χ0n) is 21.8. The van der Waals surface area contributed by atoms with Crippen molar-refractivity contribution < 1.29 is 17.9 Å². The number of fused-ring (bicyclic) bond motifs is 1. The van der Waals surface area contributed by atoms with Crippen LogP contribution in [-0.4, -0.2) is 55.5 Å².